The Hall–Kier alpha value is -2.80. The molecule has 0 saturated carbocycles. The molecule has 28 heavy (non-hydrogen) atoms. The Bertz CT molecular complexity index is 962. The monoisotopic (exact) mass is 381 g/mol. The molecule has 0 aliphatic carbocycles. The van der Waals surface area contributed by atoms with Crippen LogP contribution in [0.25, 0.3) is 16.8 Å². The first kappa shape index (κ1) is 18.6. The van der Waals surface area contributed by atoms with Gasteiger partial charge in [-0.1, -0.05) is 31.2 Å². The topological polar surface area (TPSA) is 76.5 Å². The van der Waals surface area contributed by atoms with E-state index in [-0.39, 0.29) is 11.8 Å². The number of likely N-dealkylation sites (tertiary alicyclic amines) is 1. The van der Waals surface area contributed by atoms with Crippen molar-refractivity contribution in [3.8, 4) is 11.1 Å². The van der Waals surface area contributed by atoms with Crippen molar-refractivity contribution in [1.29, 1.82) is 0 Å². The number of carbonyl (C=O) groups excluding carboxylic acids is 1. The van der Waals surface area contributed by atoms with E-state index in [2.05, 4.69) is 10.1 Å². The second kappa shape index (κ2) is 7.67. The zero-order valence-corrected chi connectivity index (χ0v) is 15.8. The number of aromatic nitrogens is 3. The predicted octanol–water partition coefficient (Wildman–Crippen LogP) is 2.79. The van der Waals surface area contributed by atoms with Crippen LogP contribution in [0.5, 0.6) is 0 Å². The van der Waals surface area contributed by atoms with Gasteiger partial charge in [0.1, 0.15) is 12.5 Å². The number of pyridine rings is 1. The molecule has 1 amide bonds. The van der Waals surface area contributed by atoms with Gasteiger partial charge in [-0.3, -0.25) is 4.79 Å². The maximum atomic E-state index is 13.3. The van der Waals surface area contributed by atoms with Crippen LogP contribution in [0.15, 0.2) is 48.9 Å². The molecule has 1 aliphatic rings. The smallest absolute Gasteiger partial charge is 0.240 e. The quantitative estimate of drug-likeness (QED) is 0.754. The standard InChI is InChI=1S/C21H24FN5O/c1-14(20(23)21(28)26-10-8-18(22)9-11-26)15-2-4-16(5-3-15)17-6-7-19-24-13-25-27(19)12-17/h2-7,12-14,18,20H,8-11,23H2,1H3/t14-,20-/m0/s1. The minimum absolute atomic E-state index is 0.0971. The molecule has 1 aromatic carbocycles. The average molecular weight is 381 g/mol. The molecule has 0 spiro atoms. The van der Waals surface area contributed by atoms with Crippen molar-refractivity contribution in [2.45, 2.75) is 37.9 Å². The Kier molecular flexibility index (Phi) is 5.09. The van der Waals surface area contributed by atoms with E-state index in [4.69, 9.17) is 5.73 Å². The lowest BCUT2D eigenvalue weighted by atomic mass is 9.91. The molecule has 3 heterocycles. The van der Waals surface area contributed by atoms with Crippen LogP contribution in [0.3, 0.4) is 0 Å². The van der Waals surface area contributed by atoms with Crippen molar-refractivity contribution in [3.63, 3.8) is 0 Å². The minimum Gasteiger partial charge on any atom is -0.341 e. The van der Waals surface area contributed by atoms with Crippen molar-refractivity contribution < 1.29 is 9.18 Å². The first-order chi connectivity index (χ1) is 13.5. The van der Waals surface area contributed by atoms with Crippen LogP contribution in [-0.2, 0) is 4.79 Å². The normalized spacial score (nSPS) is 17.6. The highest BCUT2D eigenvalue weighted by atomic mass is 19.1. The fourth-order valence-corrected chi connectivity index (χ4v) is 3.67. The summed E-state index contributed by atoms with van der Waals surface area (Å²) in [6, 6.07) is 11.4. The van der Waals surface area contributed by atoms with Crippen LogP contribution in [0, 0.1) is 0 Å². The minimum atomic E-state index is -0.804. The summed E-state index contributed by atoms with van der Waals surface area (Å²) in [5, 5.41) is 4.17. The fourth-order valence-electron chi connectivity index (χ4n) is 3.67. The molecule has 1 saturated heterocycles. The first-order valence-corrected chi connectivity index (χ1v) is 9.61. The van der Waals surface area contributed by atoms with Gasteiger partial charge in [-0.15, -0.1) is 0 Å². The van der Waals surface area contributed by atoms with Crippen LogP contribution >= 0.6 is 0 Å². The number of hydrogen-bond acceptors (Lipinski definition) is 4. The molecule has 146 valence electrons. The van der Waals surface area contributed by atoms with Crippen molar-refractivity contribution in [2.75, 3.05) is 13.1 Å². The predicted molar refractivity (Wildman–Crippen MR) is 106 cm³/mol. The van der Waals surface area contributed by atoms with Crippen molar-refractivity contribution in [3.05, 3.63) is 54.5 Å². The molecule has 0 bridgehead atoms. The SMILES string of the molecule is C[C@@H](c1ccc(-c2ccc3ncnn3c2)cc1)[C@H](N)C(=O)N1CCC(F)CC1. The molecular formula is C21H24FN5O. The average Bonchev–Trinajstić information content (AvgIpc) is 3.21. The third-order valence-corrected chi connectivity index (χ3v) is 5.60. The lowest BCUT2D eigenvalue weighted by Crippen LogP contribution is -2.49. The Labute approximate surface area is 163 Å². The number of amides is 1. The molecule has 0 radical (unpaired) electrons. The van der Waals surface area contributed by atoms with E-state index in [0.29, 0.717) is 25.9 Å². The molecule has 6 nitrogen and oxygen atoms in total. The van der Waals surface area contributed by atoms with Gasteiger partial charge in [-0.05, 0) is 36.1 Å². The molecule has 2 N–H and O–H groups in total. The van der Waals surface area contributed by atoms with E-state index < -0.39 is 12.2 Å². The molecule has 3 aromatic rings. The van der Waals surface area contributed by atoms with Crippen LogP contribution in [-0.4, -0.2) is 50.7 Å². The molecular weight excluding hydrogens is 357 g/mol. The number of fused-ring (bicyclic) bond motifs is 1. The summed E-state index contributed by atoms with van der Waals surface area (Å²) in [5.74, 6) is -0.220. The van der Waals surface area contributed by atoms with E-state index in [1.54, 1.807) is 9.42 Å². The maximum absolute atomic E-state index is 13.3. The lowest BCUT2D eigenvalue weighted by Gasteiger charge is -2.32. The van der Waals surface area contributed by atoms with Gasteiger partial charge >= 0.3 is 0 Å². The number of nitrogens with two attached hydrogens (primary N) is 1. The summed E-state index contributed by atoms with van der Waals surface area (Å²) in [6.07, 6.45) is 3.46. The lowest BCUT2D eigenvalue weighted by molar-refractivity contribution is -0.134. The van der Waals surface area contributed by atoms with Crippen molar-refractivity contribution >= 4 is 11.6 Å². The highest BCUT2D eigenvalue weighted by Crippen LogP contribution is 2.25. The highest BCUT2D eigenvalue weighted by Gasteiger charge is 2.29. The zero-order chi connectivity index (χ0) is 19.7. The van der Waals surface area contributed by atoms with Crippen LogP contribution in [0.1, 0.15) is 31.2 Å². The van der Waals surface area contributed by atoms with Gasteiger partial charge in [0.25, 0.3) is 0 Å². The zero-order valence-electron chi connectivity index (χ0n) is 15.8. The van der Waals surface area contributed by atoms with E-state index in [1.807, 2.05) is 49.5 Å². The van der Waals surface area contributed by atoms with Gasteiger partial charge in [0.05, 0.1) is 6.04 Å². The molecule has 1 aliphatic heterocycles. The van der Waals surface area contributed by atoms with E-state index in [9.17, 15) is 9.18 Å². The van der Waals surface area contributed by atoms with Gasteiger partial charge in [-0.2, -0.15) is 5.10 Å². The largest absolute Gasteiger partial charge is 0.341 e. The molecule has 7 heteroatoms. The van der Waals surface area contributed by atoms with Crippen LogP contribution in [0.4, 0.5) is 4.39 Å². The molecule has 1 fully saturated rings. The third kappa shape index (κ3) is 3.62. The van der Waals surface area contributed by atoms with E-state index in [1.165, 1.54) is 6.33 Å². The molecule has 2 atom stereocenters. The van der Waals surface area contributed by atoms with Gasteiger partial charge < -0.3 is 10.6 Å². The van der Waals surface area contributed by atoms with Crippen molar-refractivity contribution in [2.24, 2.45) is 5.73 Å². The summed E-state index contributed by atoms with van der Waals surface area (Å²) < 4.78 is 15.0. The summed E-state index contributed by atoms with van der Waals surface area (Å²) in [4.78, 5) is 18.5. The second-order valence-corrected chi connectivity index (χ2v) is 7.42. The van der Waals surface area contributed by atoms with Gasteiger partial charge in [-0.25, -0.2) is 13.9 Å². The van der Waals surface area contributed by atoms with E-state index >= 15 is 0 Å². The summed E-state index contributed by atoms with van der Waals surface area (Å²) >= 11 is 0. The van der Waals surface area contributed by atoms with Crippen LogP contribution in [0.2, 0.25) is 0 Å². The highest BCUT2D eigenvalue weighted by molar-refractivity contribution is 5.83. The number of rotatable bonds is 4. The fraction of sp³-hybridized carbons (Fsp3) is 0.381. The number of alkyl halides is 1. The first-order valence-electron chi connectivity index (χ1n) is 9.61. The number of nitrogens with zero attached hydrogens (tertiary/aromatic N) is 4. The Morgan fingerprint density at radius 2 is 1.82 bits per heavy atom. The summed E-state index contributed by atoms with van der Waals surface area (Å²) in [6.45, 7) is 2.86. The number of piperidine rings is 1. The molecule has 2 aromatic heterocycles. The van der Waals surface area contributed by atoms with Gasteiger partial charge in [0, 0.05) is 30.8 Å². The van der Waals surface area contributed by atoms with Gasteiger partial charge in [0.2, 0.25) is 5.91 Å². The maximum Gasteiger partial charge on any atom is 0.240 e. The molecule has 4 rings (SSSR count). The number of benzene rings is 1. The Morgan fingerprint density at radius 1 is 1.14 bits per heavy atom. The molecule has 0 unspecified atom stereocenters. The van der Waals surface area contributed by atoms with Crippen LogP contribution < -0.4 is 5.73 Å². The number of halogens is 1. The summed E-state index contributed by atoms with van der Waals surface area (Å²) in [5.41, 5.74) is 10.1. The van der Waals surface area contributed by atoms with Gasteiger partial charge in [0.15, 0.2) is 5.65 Å². The number of carbonyl (C=O) groups is 1. The Balaban J connectivity index is 1.47. The third-order valence-electron chi connectivity index (χ3n) is 5.60. The number of hydrogen-bond donors (Lipinski definition) is 1. The van der Waals surface area contributed by atoms with E-state index in [0.717, 1.165) is 22.3 Å². The summed E-state index contributed by atoms with van der Waals surface area (Å²) in [7, 11) is 0. The Morgan fingerprint density at radius 3 is 2.54 bits per heavy atom. The second-order valence-electron chi connectivity index (χ2n) is 7.42. The van der Waals surface area contributed by atoms with Crippen molar-refractivity contribution in [1.82, 2.24) is 19.5 Å².